The van der Waals surface area contributed by atoms with Crippen molar-refractivity contribution in [1.82, 2.24) is 5.32 Å². The lowest BCUT2D eigenvalue weighted by Gasteiger charge is -1.85. The van der Waals surface area contributed by atoms with E-state index in [9.17, 15) is 9.59 Å². The molecule has 4 heteroatoms. The smallest absolute Gasteiger partial charge is 0.271 e. The number of hydrogen-bond acceptors (Lipinski definition) is 2. The molecule has 1 aliphatic heterocycles. The number of hydrogen-bond donors (Lipinski definition) is 1. The number of aliphatic imine (C=N–C) groups is 1. The van der Waals surface area contributed by atoms with Gasteiger partial charge in [0, 0.05) is 0 Å². The first-order valence-corrected chi connectivity index (χ1v) is 2.67. The van der Waals surface area contributed by atoms with Crippen molar-refractivity contribution in [2.45, 2.75) is 13.3 Å². The number of imide groups is 1. The topological polar surface area (TPSA) is 58.5 Å². The van der Waals surface area contributed by atoms with Crippen LogP contribution in [-0.2, 0) is 4.79 Å². The molecule has 0 aliphatic carbocycles. The van der Waals surface area contributed by atoms with Crippen LogP contribution in [0.15, 0.2) is 4.99 Å². The van der Waals surface area contributed by atoms with E-state index >= 15 is 0 Å². The maximum atomic E-state index is 10.6. The Morgan fingerprint density at radius 1 is 1.56 bits per heavy atom. The van der Waals surface area contributed by atoms with E-state index in [-0.39, 0.29) is 5.91 Å². The fourth-order valence-corrected chi connectivity index (χ4v) is 0.610. The van der Waals surface area contributed by atoms with Gasteiger partial charge in [-0.1, -0.05) is 6.92 Å². The average Bonchev–Trinajstić information content (AvgIpc) is 2.10. The van der Waals surface area contributed by atoms with Gasteiger partial charge < -0.3 is 0 Å². The molecule has 0 bridgehead atoms. The summed E-state index contributed by atoms with van der Waals surface area (Å²) in [6.45, 7) is 1.77. The summed E-state index contributed by atoms with van der Waals surface area (Å²) in [5.41, 5.74) is 0.319. The highest BCUT2D eigenvalue weighted by Crippen LogP contribution is 1.94. The first-order valence-electron chi connectivity index (χ1n) is 2.67. The monoisotopic (exact) mass is 126 g/mol. The molecule has 0 aromatic rings. The Morgan fingerprint density at radius 3 is 2.44 bits per heavy atom. The molecule has 1 rings (SSSR count). The first-order chi connectivity index (χ1) is 4.24. The zero-order valence-corrected chi connectivity index (χ0v) is 4.97. The van der Waals surface area contributed by atoms with Crippen LogP contribution < -0.4 is 5.32 Å². The summed E-state index contributed by atoms with van der Waals surface area (Å²) in [7, 11) is 0. The van der Waals surface area contributed by atoms with Crippen molar-refractivity contribution in [2.75, 3.05) is 0 Å². The van der Waals surface area contributed by atoms with Gasteiger partial charge in [-0.3, -0.25) is 10.1 Å². The predicted octanol–water partition coefficient (Wildman–Crippen LogP) is 0.0872. The molecule has 0 unspecified atom stereocenters. The summed E-state index contributed by atoms with van der Waals surface area (Å²) in [5, 5.41) is 2.04. The van der Waals surface area contributed by atoms with Crippen LogP contribution in [0.1, 0.15) is 13.3 Å². The zero-order valence-electron chi connectivity index (χ0n) is 4.97. The molecular weight excluding hydrogens is 120 g/mol. The SMILES string of the molecule is CCC1=NC(=O)NC1=O. The van der Waals surface area contributed by atoms with Crippen LogP contribution in [0.5, 0.6) is 0 Å². The summed E-state index contributed by atoms with van der Waals surface area (Å²) in [6.07, 6.45) is 0.511. The van der Waals surface area contributed by atoms with E-state index in [1.54, 1.807) is 6.92 Å². The van der Waals surface area contributed by atoms with Crippen molar-refractivity contribution in [3.05, 3.63) is 0 Å². The van der Waals surface area contributed by atoms with Crippen LogP contribution in [0.4, 0.5) is 4.79 Å². The molecule has 1 N–H and O–H groups in total. The highest BCUT2D eigenvalue weighted by atomic mass is 16.2. The van der Waals surface area contributed by atoms with Gasteiger partial charge in [0.05, 0.1) is 0 Å². The van der Waals surface area contributed by atoms with Crippen LogP contribution in [0.25, 0.3) is 0 Å². The highest BCUT2D eigenvalue weighted by molar-refractivity contribution is 6.46. The Labute approximate surface area is 52.0 Å². The van der Waals surface area contributed by atoms with Crippen molar-refractivity contribution in [3.63, 3.8) is 0 Å². The number of nitrogens with one attached hydrogen (secondary N) is 1. The van der Waals surface area contributed by atoms with Crippen LogP contribution in [0.2, 0.25) is 0 Å². The molecule has 0 radical (unpaired) electrons. The van der Waals surface area contributed by atoms with Gasteiger partial charge in [-0.25, -0.2) is 4.79 Å². The van der Waals surface area contributed by atoms with E-state index in [1.165, 1.54) is 0 Å². The second-order valence-corrected chi connectivity index (χ2v) is 1.67. The minimum atomic E-state index is -0.545. The van der Waals surface area contributed by atoms with Gasteiger partial charge in [-0.2, -0.15) is 4.99 Å². The van der Waals surface area contributed by atoms with Crippen LogP contribution in [0, 0.1) is 0 Å². The number of amides is 3. The van der Waals surface area contributed by atoms with Crippen molar-refractivity contribution < 1.29 is 9.59 Å². The second kappa shape index (κ2) is 1.97. The van der Waals surface area contributed by atoms with E-state index in [2.05, 4.69) is 4.99 Å². The van der Waals surface area contributed by atoms with Gasteiger partial charge in [0.2, 0.25) is 0 Å². The molecule has 0 aromatic carbocycles. The number of carbonyl (C=O) groups excluding carboxylic acids is 2. The fourth-order valence-electron chi connectivity index (χ4n) is 0.610. The minimum absolute atomic E-state index is 0.319. The maximum Gasteiger partial charge on any atom is 0.348 e. The van der Waals surface area contributed by atoms with E-state index < -0.39 is 6.03 Å². The average molecular weight is 126 g/mol. The lowest BCUT2D eigenvalue weighted by molar-refractivity contribution is -0.113. The Hall–Kier alpha value is -1.19. The molecule has 0 fully saturated rings. The van der Waals surface area contributed by atoms with Crippen LogP contribution in [-0.4, -0.2) is 17.6 Å². The lowest BCUT2D eigenvalue weighted by atomic mass is 10.3. The summed E-state index contributed by atoms with van der Waals surface area (Å²) >= 11 is 0. The van der Waals surface area contributed by atoms with Crippen LogP contribution >= 0.6 is 0 Å². The van der Waals surface area contributed by atoms with Gasteiger partial charge in [-0.05, 0) is 6.42 Å². The van der Waals surface area contributed by atoms with Gasteiger partial charge in [-0.15, -0.1) is 0 Å². The number of carbonyl (C=O) groups is 2. The van der Waals surface area contributed by atoms with Crippen molar-refractivity contribution >= 4 is 17.6 Å². The van der Waals surface area contributed by atoms with Gasteiger partial charge in [0.15, 0.2) is 0 Å². The van der Waals surface area contributed by atoms with Gasteiger partial charge in [0.25, 0.3) is 5.91 Å². The number of urea groups is 1. The van der Waals surface area contributed by atoms with E-state index in [0.29, 0.717) is 12.1 Å². The Morgan fingerprint density at radius 2 is 2.22 bits per heavy atom. The standard InChI is InChI=1S/C5H6N2O2/c1-2-3-4(8)7-5(9)6-3/h2H2,1H3,(H,7,8,9). The third kappa shape index (κ3) is 0.960. The third-order valence-electron chi connectivity index (χ3n) is 1.05. The van der Waals surface area contributed by atoms with Crippen molar-refractivity contribution in [2.24, 2.45) is 4.99 Å². The maximum absolute atomic E-state index is 10.6. The van der Waals surface area contributed by atoms with Gasteiger partial charge in [0.1, 0.15) is 5.71 Å². The molecule has 0 saturated carbocycles. The molecule has 0 atom stereocenters. The molecule has 0 saturated heterocycles. The first kappa shape index (κ1) is 5.94. The normalized spacial score (nSPS) is 17.7. The molecule has 9 heavy (non-hydrogen) atoms. The van der Waals surface area contributed by atoms with E-state index in [4.69, 9.17) is 0 Å². The summed E-state index contributed by atoms with van der Waals surface area (Å²) in [6, 6.07) is -0.545. The lowest BCUT2D eigenvalue weighted by Crippen LogP contribution is -2.24. The Bertz CT molecular complexity index is 195. The molecule has 1 aliphatic rings. The Kier molecular flexibility index (Phi) is 1.30. The molecule has 0 aromatic heterocycles. The molecule has 48 valence electrons. The van der Waals surface area contributed by atoms with Gasteiger partial charge >= 0.3 is 6.03 Å². The largest absolute Gasteiger partial charge is 0.348 e. The van der Waals surface area contributed by atoms with Crippen molar-refractivity contribution in [3.8, 4) is 0 Å². The molecule has 1 heterocycles. The van der Waals surface area contributed by atoms with E-state index in [0.717, 1.165) is 0 Å². The second-order valence-electron chi connectivity index (χ2n) is 1.67. The summed E-state index contributed by atoms with van der Waals surface area (Å²) in [4.78, 5) is 24.3. The van der Waals surface area contributed by atoms with E-state index in [1.807, 2.05) is 5.32 Å². The minimum Gasteiger partial charge on any atom is -0.271 e. The zero-order chi connectivity index (χ0) is 6.85. The summed E-state index contributed by atoms with van der Waals surface area (Å²) in [5.74, 6) is -0.359. The highest BCUT2D eigenvalue weighted by Gasteiger charge is 2.20. The molecule has 4 nitrogen and oxygen atoms in total. The third-order valence-corrected chi connectivity index (χ3v) is 1.05. The number of rotatable bonds is 1. The molecular formula is C5H6N2O2. The van der Waals surface area contributed by atoms with Crippen LogP contribution in [0.3, 0.4) is 0 Å². The predicted molar refractivity (Wildman–Crippen MR) is 31.3 cm³/mol. The summed E-state index contributed by atoms with van der Waals surface area (Å²) < 4.78 is 0. The van der Waals surface area contributed by atoms with Crippen molar-refractivity contribution in [1.29, 1.82) is 0 Å². The quantitative estimate of drug-likeness (QED) is 0.541. The fraction of sp³-hybridized carbons (Fsp3) is 0.400. The molecule has 3 amide bonds. The number of nitrogens with zero attached hydrogens (tertiary/aromatic N) is 1. The Balaban J connectivity index is 2.80. The molecule has 0 spiro atoms.